The Balaban J connectivity index is 1.92. The average molecular weight is 227 g/mol. The van der Waals surface area contributed by atoms with Gasteiger partial charge in [0.05, 0.1) is 6.54 Å². The molecule has 2 heterocycles. The number of rotatable bonds is 2. The highest BCUT2D eigenvalue weighted by Crippen LogP contribution is 2.31. The van der Waals surface area contributed by atoms with Crippen molar-refractivity contribution in [1.82, 2.24) is 9.97 Å². The van der Waals surface area contributed by atoms with Crippen molar-refractivity contribution in [2.45, 2.75) is 32.4 Å². The minimum absolute atomic E-state index is 0.579. The number of H-pyrrole nitrogens is 1. The molecule has 0 saturated heterocycles. The molecule has 0 bridgehead atoms. The maximum atomic E-state index is 4.32. The Bertz CT molecular complexity index is 490. The standard InChI is InChI=1S/C14H17N3/c1-11-6-7-12-4-2-3-5-13(12)17(11)10-14-15-8-9-16-14/h2-5,8-9,11H,6-7,10H2,1H3,(H,15,16). The van der Waals surface area contributed by atoms with Crippen molar-refractivity contribution in [3.8, 4) is 0 Å². The van der Waals surface area contributed by atoms with E-state index in [0.717, 1.165) is 12.4 Å². The molecule has 1 aliphatic rings. The van der Waals surface area contributed by atoms with Crippen molar-refractivity contribution < 1.29 is 0 Å². The minimum atomic E-state index is 0.579. The Morgan fingerprint density at radius 1 is 1.41 bits per heavy atom. The molecule has 0 saturated carbocycles. The number of benzene rings is 1. The third kappa shape index (κ3) is 1.93. The van der Waals surface area contributed by atoms with Gasteiger partial charge in [-0.2, -0.15) is 0 Å². The summed E-state index contributed by atoms with van der Waals surface area (Å²) in [5.41, 5.74) is 2.82. The highest BCUT2D eigenvalue weighted by molar-refractivity contribution is 5.56. The van der Waals surface area contributed by atoms with Gasteiger partial charge in [0.2, 0.25) is 0 Å². The predicted molar refractivity (Wildman–Crippen MR) is 69.0 cm³/mol. The summed E-state index contributed by atoms with van der Waals surface area (Å²) in [7, 11) is 0. The summed E-state index contributed by atoms with van der Waals surface area (Å²) >= 11 is 0. The third-order valence-corrected chi connectivity index (χ3v) is 3.54. The zero-order valence-corrected chi connectivity index (χ0v) is 10.1. The van der Waals surface area contributed by atoms with Crippen molar-refractivity contribution in [2.24, 2.45) is 0 Å². The summed E-state index contributed by atoms with van der Waals surface area (Å²) in [5.74, 6) is 1.04. The highest BCUT2D eigenvalue weighted by Gasteiger charge is 2.22. The number of para-hydroxylation sites is 1. The second kappa shape index (κ2) is 4.24. The van der Waals surface area contributed by atoms with E-state index in [1.807, 2.05) is 12.4 Å². The first-order chi connectivity index (χ1) is 8.34. The van der Waals surface area contributed by atoms with Crippen molar-refractivity contribution in [3.05, 3.63) is 48.0 Å². The minimum Gasteiger partial charge on any atom is -0.361 e. The van der Waals surface area contributed by atoms with Crippen LogP contribution in [0.1, 0.15) is 24.7 Å². The number of nitrogens with one attached hydrogen (secondary N) is 1. The van der Waals surface area contributed by atoms with E-state index in [9.17, 15) is 0 Å². The fourth-order valence-corrected chi connectivity index (χ4v) is 2.55. The van der Waals surface area contributed by atoms with Gasteiger partial charge in [-0.05, 0) is 31.4 Å². The zero-order chi connectivity index (χ0) is 11.7. The Labute approximate surface area is 101 Å². The van der Waals surface area contributed by atoms with Gasteiger partial charge in [0.25, 0.3) is 0 Å². The van der Waals surface area contributed by atoms with E-state index < -0.39 is 0 Å². The molecule has 88 valence electrons. The van der Waals surface area contributed by atoms with Crippen molar-refractivity contribution in [1.29, 1.82) is 0 Å². The van der Waals surface area contributed by atoms with Gasteiger partial charge in [-0.25, -0.2) is 4.98 Å². The molecule has 3 rings (SSSR count). The number of fused-ring (bicyclic) bond motifs is 1. The molecule has 1 N–H and O–H groups in total. The van der Waals surface area contributed by atoms with Gasteiger partial charge in [0.15, 0.2) is 0 Å². The van der Waals surface area contributed by atoms with Crippen LogP contribution in [0.4, 0.5) is 5.69 Å². The molecule has 0 radical (unpaired) electrons. The second-order valence-electron chi connectivity index (χ2n) is 4.68. The summed E-state index contributed by atoms with van der Waals surface area (Å²) < 4.78 is 0. The smallest absolute Gasteiger partial charge is 0.125 e. The summed E-state index contributed by atoms with van der Waals surface area (Å²) in [6.07, 6.45) is 6.11. The molecule has 3 nitrogen and oxygen atoms in total. The monoisotopic (exact) mass is 227 g/mol. The van der Waals surface area contributed by atoms with Gasteiger partial charge in [-0.15, -0.1) is 0 Å². The average Bonchev–Trinajstić information content (AvgIpc) is 2.86. The van der Waals surface area contributed by atoms with Crippen molar-refractivity contribution in [2.75, 3.05) is 4.90 Å². The molecular formula is C14H17N3. The summed E-state index contributed by atoms with van der Waals surface area (Å²) in [6.45, 7) is 3.16. The molecule has 0 fully saturated rings. The van der Waals surface area contributed by atoms with Crippen LogP contribution >= 0.6 is 0 Å². The molecule has 2 aromatic rings. The van der Waals surface area contributed by atoms with Crippen LogP contribution in [0.5, 0.6) is 0 Å². The van der Waals surface area contributed by atoms with Crippen molar-refractivity contribution >= 4 is 5.69 Å². The van der Waals surface area contributed by atoms with Crippen LogP contribution in [-0.4, -0.2) is 16.0 Å². The van der Waals surface area contributed by atoms with E-state index in [0.29, 0.717) is 6.04 Å². The molecule has 1 aromatic heterocycles. The Kier molecular flexibility index (Phi) is 2.59. The summed E-state index contributed by atoms with van der Waals surface area (Å²) in [5, 5.41) is 0. The Hall–Kier alpha value is -1.77. The lowest BCUT2D eigenvalue weighted by Crippen LogP contribution is -2.37. The number of aryl methyl sites for hydroxylation is 1. The molecule has 0 aliphatic carbocycles. The van der Waals surface area contributed by atoms with E-state index in [2.05, 4.69) is 46.1 Å². The van der Waals surface area contributed by atoms with Crippen LogP contribution in [0, 0.1) is 0 Å². The molecular weight excluding hydrogens is 210 g/mol. The first-order valence-electron chi connectivity index (χ1n) is 6.17. The van der Waals surface area contributed by atoms with E-state index in [1.54, 1.807) is 0 Å². The SMILES string of the molecule is CC1CCc2ccccc2N1Cc1ncc[nH]1. The highest BCUT2D eigenvalue weighted by atomic mass is 15.2. The summed E-state index contributed by atoms with van der Waals surface area (Å²) in [4.78, 5) is 9.95. The molecule has 3 heteroatoms. The number of hydrogen-bond donors (Lipinski definition) is 1. The van der Waals surface area contributed by atoms with Gasteiger partial charge < -0.3 is 9.88 Å². The number of hydrogen-bond acceptors (Lipinski definition) is 2. The van der Waals surface area contributed by atoms with Crippen LogP contribution in [0.3, 0.4) is 0 Å². The zero-order valence-electron chi connectivity index (χ0n) is 10.1. The van der Waals surface area contributed by atoms with E-state index in [4.69, 9.17) is 0 Å². The maximum absolute atomic E-state index is 4.32. The first kappa shape index (κ1) is 10.4. The number of aromatic amines is 1. The molecule has 17 heavy (non-hydrogen) atoms. The first-order valence-corrected chi connectivity index (χ1v) is 6.17. The van der Waals surface area contributed by atoms with Crippen LogP contribution in [-0.2, 0) is 13.0 Å². The lowest BCUT2D eigenvalue weighted by Gasteiger charge is -2.36. The molecule has 1 unspecified atom stereocenters. The molecule has 0 spiro atoms. The molecule has 1 atom stereocenters. The quantitative estimate of drug-likeness (QED) is 0.855. The van der Waals surface area contributed by atoms with Crippen molar-refractivity contribution in [3.63, 3.8) is 0 Å². The van der Waals surface area contributed by atoms with Crippen LogP contribution in [0.2, 0.25) is 0 Å². The lowest BCUT2D eigenvalue weighted by molar-refractivity contribution is 0.553. The number of aromatic nitrogens is 2. The number of imidazole rings is 1. The van der Waals surface area contributed by atoms with Crippen LogP contribution < -0.4 is 4.90 Å². The number of nitrogens with zero attached hydrogens (tertiary/aromatic N) is 2. The Morgan fingerprint density at radius 3 is 3.12 bits per heavy atom. The van der Waals surface area contributed by atoms with Gasteiger partial charge in [0, 0.05) is 24.1 Å². The molecule has 1 aromatic carbocycles. The largest absolute Gasteiger partial charge is 0.361 e. The van der Waals surface area contributed by atoms with E-state index in [-0.39, 0.29) is 0 Å². The fraction of sp³-hybridized carbons (Fsp3) is 0.357. The Morgan fingerprint density at radius 2 is 2.29 bits per heavy atom. The van der Waals surface area contributed by atoms with Gasteiger partial charge in [-0.3, -0.25) is 0 Å². The molecule has 1 aliphatic heterocycles. The normalized spacial score (nSPS) is 19.1. The fourth-order valence-electron chi connectivity index (χ4n) is 2.55. The number of anilines is 1. The van der Waals surface area contributed by atoms with Gasteiger partial charge in [-0.1, -0.05) is 18.2 Å². The van der Waals surface area contributed by atoms with Gasteiger partial charge in [0.1, 0.15) is 5.82 Å². The van der Waals surface area contributed by atoms with Crippen LogP contribution in [0.15, 0.2) is 36.7 Å². The molecule has 0 amide bonds. The maximum Gasteiger partial charge on any atom is 0.125 e. The summed E-state index contributed by atoms with van der Waals surface area (Å²) in [6, 6.07) is 9.27. The third-order valence-electron chi connectivity index (χ3n) is 3.54. The van der Waals surface area contributed by atoms with E-state index in [1.165, 1.54) is 24.1 Å². The lowest BCUT2D eigenvalue weighted by atomic mass is 9.97. The van der Waals surface area contributed by atoms with E-state index >= 15 is 0 Å². The van der Waals surface area contributed by atoms with Crippen LogP contribution in [0.25, 0.3) is 0 Å². The van der Waals surface area contributed by atoms with Gasteiger partial charge >= 0.3 is 0 Å². The topological polar surface area (TPSA) is 31.9 Å². The predicted octanol–water partition coefficient (Wildman–Crippen LogP) is 2.75. The second-order valence-corrected chi connectivity index (χ2v) is 4.68.